The predicted molar refractivity (Wildman–Crippen MR) is 43.6 cm³/mol. The maximum Gasteiger partial charge on any atom is 0.305 e. The Morgan fingerprint density at radius 3 is 2.92 bits per heavy atom. The molecule has 5 heteroatoms. The van der Waals surface area contributed by atoms with Gasteiger partial charge in [0.05, 0.1) is 18.7 Å². The first kappa shape index (κ1) is 8.58. The molecule has 0 atom stereocenters. The van der Waals surface area contributed by atoms with E-state index in [0.717, 1.165) is 5.69 Å². The zero-order chi connectivity index (χ0) is 9.14. The van der Waals surface area contributed by atoms with Crippen LogP contribution in [0.2, 0.25) is 0 Å². The van der Waals surface area contributed by atoms with E-state index in [1.165, 1.54) is 4.68 Å². The van der Waals surface area contributed by atoms with E-state index in [4.69, 9.17) is 10.8 Å². The number of aromatic nitrogens is 2. The van der Waals surface area contributed by atoms with Crippen LogP contribution in [-0.2, 0) is 11.3 Å². The molecule has 12 heavy (non-hydrogen) atoms. The van der Waals surface area contributed by atoms with Gasteiger partial charge in [-0.05, 0) is 6.92 Å². The van der Waals surface area contributed by atoms with Crippen molar-refractivity contribution >= 4 is 11.8 Å². The van der Waals surface area contributed by atoms with Gasteiger partial charge in [-0.1, -0.05) is 0 Å². The van der Waals surface area contributed by atoms with Crippen molar-refractivity contribution in [3.8, 4) is 0 Å². The summed E-state index contributed by atoms with van der Waals surface area (Å²) in [5, 5.41) is 12.4. The van der Waals surface area contributed by atoms with E-state index < -0.39 is 5.97 Å². The Bertz CT molecular complexity index is 293. The zero-order valence-corrected chi connectivity index (χ0v) is 6.82. The molecule has 5 nitrogen and oxygen atoms in total. The molecule has 0 saturated heterocycles. The van der Waals surface area contributed by atoms with Gasteiger partial charge in [-0.3, -0.25) is 4.79 Å². The summed E-state index contributed by atoms with van der Waals surface area (Å²) < 4.78 is 1.49. The predicted octanol–water partition coefficient (Wildman–Crippen LogP) is 0.248. The van der Waals surface area contributed by atoms with Crippen LogP contribution in [0.25, 0.3) is 0 Å². The van der Waals surface area contributed by atoms with Gasteiger partial charge in [-0.15, -0.1) is 0 Å². The van der Waals surface area contributed by atoms with Crippen LogP contribution in [0.4, 0.5) is 5.82 Å². The van der Waals surface area contributed by atoms with Gasteiger partial charge in [-0.2, -0.15) is 5.10 Å². The second kappa shape index (κ2) is 3.25. The molecule has 0 spiro atoms. The zero-order valence-electron chi connectivity index (χ0n) is 6.82. The molecule has 3 N–H and O–H groups in total. The van der Waals surface area contributed by atoms with Crippen molar-refractivity contribution in [2.75, 3.05) is 5.73 Å². The van der Waals surface area contributed by atoms with E-state index in [1.54, 1.807) is 6.07 Å². The van der Waals surface area contributed by atoms with Crippen LogP contribution in [0.5, 0.6) is 0 Å². The Labute approximate surface area is 69.8 Å². The molecule has 0 aromatic carbocycles. The largest absolute Gasteiger partial charge is 0.481 e. The lowest BCUT2D eigenvalue weighted by Crippen LogP contribution is -2.08. The number of nitrogens with zero attached hydrogens (tertiary/aromatic N) is 2. The summed E-state index contributed by atoms with van der Waals surface area (Å²) in [5.41, 5.74) is 6.34. The first-order chi connectivity index (χ1) is 5.59. The van der Waals surface area contributed by atoms with Gasteiger partial charge in [0.1, 0.15) is 5.82 Å². The molecule has 1 aromatic heterocycles. The molecule has 1 rings (SSSR count). The molecule has 66 valence electrons. The number of carboxylic acids is 1. The fraction of sp³-hybridized carbons (Fsp3) is 0.429. The molecular formula is C7H11N3O2. The van der Waals surface area contributed by atoms with Crippen molar-refractivity contribution in [2.24, 2.45) is 0 Å². The molecule has 0 bridgehead atoms. The van der Waals surface area contributed by atoms with Gasteiger partial charge in [0.15, 0.2) is 0 Å². The highest BCUT2D eigenvalue weighted by molar-refractivity contribution is 5.66. The molecular weight excluding hydrogens is 158 g/mol. The van der Waals surface area contributed by atoms with E-state index in [-0.39, 0.29) is 6.42 Å². The van der Waals surface area contributed by atoms with Gasteiger partial charge >= 0.3 is 5.97 Å². The number of carbonyl (C=O) groups is 1. The van der Waals surface area contributed by atoms with Crippen LogP contribution in [0, 0.1) is 6.92 Å². The van der Waals surface area contributed by atoms with E-state index in [1.807, 2.05) is 6.92 Å². The molecule has 1 heterocycles. The molecule has 0 amide bonds. The lowest BCUT2D eigenvalue weighted by Gasteiger charge is -1.99. The maximum atomic E-state index is 10.2. The van der Waals surface area contributed by atoms with Crippen LogP contribution in [0.1, 0.15) is 12.1 Å². The number of aliphatic carboxylic acids is 1. The quantitative estimate of drug-likeness (QED) is 0.679. The van der Waals surface area contributed by atoms with Crippen LogP contribution in [-0.4, -0.2) is 20.9 Å². The van der Waals surface area contributed by atoms with Crippen LogP contribution >= 0.6 is 0 Å². The lowest BCUT2D eigenvalue weighted by atomic mass is 10.4. The average molecular weight is 169 g/mol. The summed E-state index contributed by atoms with van der Waals surface area (Å²) in [6.07, 6.45) is 0.0469. The lowest BCUT2D eigenvalue weighted by molar-refractivity contribution is -0.137. The summed E-state index contributed by atoms with van der Waals surface area (Å²) in [6, 6.07) is 1.71. The molecule has 1 aromatic rings. The Balaban J connectivity index is 2.62. The van der Waals surface area contributed by atoms with E-state index >= 15 is 0 Å². The second-order valence-electron chi connectivity index (χ2n) is 2.58. The minimum atomic E-state index is -0.845. The molecule has 0 unspecified atom stereocenters. The fourth-order valence-electron chi connectivity index (χ4n) is 0.946. The third kappa shape index (κ3) is 1.98. The number of anilines is 1. The van der Waals surface area contributed by atoms with Crippen molar-refractivity contribution in [1.82, 2.24) is 9.78 Å². The number of rotatable bonds is 3. The average Bonchev–Trinajstić information content (AvgIpc) is 2.26. The van der Waals surface area contributed by atoms with Crippen molar-refractivity contribution in [2.45, 2.75) is 19.9 Å². The monoisotopic (exact) mass is 169 g/mol. The number of hydrogen-bond donors (Lipinski definition) is 2. The molecule has 0 aliphatic carbocycles. The van der Waals surface area contributed by atoms with Crippen molar-refractivity contribution in [3.63, 3.8) is 0 Å². The van der Waals surface area contributed by atoms with Crippen LogP contribution < -0.4 is 5.73 Å². The molecule has 0 saturated carbocycles. The highest BCUT2D eigenvalue weighted by Gasteiger charge is 2.03. The number of carboxylic acid groups (broad SMARTS) is 1. The van der Waals surface area contributed by atoms with Crippen LogP contribution in [0.15, 0.2) is 6.07 Å². The SMILES string of the molecule is Cc1cc(N)n(CCC(=O)O)n1. The standard InChI is InChI=1S/C7H11N3O2/c1-5-4-6(8)10(9-5)3-2-7(11)12/h4H,2-3,8H2,1H3,(H,11,12). The summed E-state index contributed by atoms with van der Waals surface area (Å²) in [5.74, 6) is -0.337. The Kier molecular flexibility index (Phi) is 2.32. The summed E-state index contributed by atoms with van der Waals surface area (Å²) in [4.78, 5) is 10.2. The normalized spacial score (nSPS) is 10.1. The van der Waals surface area contributed by atoms with Crippen LogP contribution in [0.3, 0.4) is 0 Å². The van der Waals surface area contributed by atoms with Gasteiger partial charge in [0.2, 0.25) is 0 Å². The first-order valence-corrected chi connectivity index (χ1v) is 3.61. The smallest absolute Gasteiger partial charge is 0.305 e. The number of nitrogen functional groups attached to an aromatic ring is 1. The Morgan fingerprint density at radius 1 is 1.83 bits per heavy atom. The summed E-state index contributed by atoms with van der Waals surface area (Å²) >= 11 is 0. The number of hydrogen-bond acceptors (Lipinski definition) is 3. The molecule has 0 fully saturated rings. The Hall–Kier alpha value is -1.52. The fourth-order valence-corrected chi connectivity index (χ4v) is 0.946. The van der Waals surface area contributed by atoms with Gasteiger partial charge < -0.3 is 10.8 Å². The highest BCUT2D eigenvalue weighted by atomic mass is 16.4. The topological polar surface area (TPSA) is 81.1 Å². The van der Waals surface area contributed by atoms with Gasteiger partial charge in [-0.25, -0.2) is 4.68 Å². The molecule has 0 radical (unpaired) electrons. The van der Waals surface area contributed by atoms with E-state index in [9.17, 15) is 4.79 Å². The third-order valence-corrected chi connectivity index (χ3v) is 1.47. The summed E-state index contributed by atoms with van der Waals surface area (Å²) in [6.45, 7) is 2.14. The second-order valence-corrected chi connectivity index (χ2v) is 2.58. The molecule has 0 aliphatic heterocycles. The third-order valence-electron chi connectivity index (χ3n) is 1.47. The number of aryl methyl sites for hydroxylation is 2. The first-order valence-electron chi connectivity index (χ1n) is 3.61. The van der Waals surface area contributed by atoms with Gasteiger partial charge in [0.25, 0.3) is 0 Å². The van der Waals surface area contributed by atoms with E-state index in [2.05, 4.69) is 5.10 Å². The minimum absolute atomic E-state index is 0.0469. The highest BCUT2D eigenvalue weighted by Crippen LogP contribution is 2.05. The number of nitrogens with two attached hydrogens (primary N) is 1. The van der Waals surface area contributed by atoms with Crippen molar-refractivity contribution in [1.29, 1.82) is 0 Å². The van der Waals surface area contributed by atoms with E-state index in [0.29, 0.717) is 12.4 Å². The van der Waals surface area contributed by atoms with Gasteiger partial charge in [0, 0.05) is 6.07 Å². The van der Waals surface area contributed by atoms with Crippen molar-refractivity contribution < 1.29 is 9.90 Å². The minimum Gasteiger partial charge on any atom is -0.481 e. The maximum absolute atomic E-state index is 10.2. The van der Waals surface area contributed by atoms with Crippen molar-refractivity contribution in [3.05, 3.63) is 11.8 Å². The molecule has 0 aliphatic rings. The summed E-state index contributed by atoms with van der Waals surface area (Å²) in [7, 11) is 0. The Morgan fingerprint density at radius 2 is 2.50 bits per heavy atom.